The van der Waals surface area contributed by atoms with Crippen LogP contribution in [0.25, 0.3) is 11.1 Å². The second-order valence-electron chi connectivity index (χ2n) is 6.59. The molecule has 2 aromatic carbocycles. The van der Waals surface area contributed by atoms with Crippen molar-refractivity contribution >= 4 is 23.0 Å². The van der Waals surface area contributed by atoms with Crippen molar-refractivity contribution in [3.8, 4) is 11.1 Å². The minimum Gasteiger partial charge on any atom is -0.348 e. The standard InChI is InChI=1S/C22H21N3S/c26-22(25-13-11-20(16-25)17-6-2-1-3-7-17)24-21-10-4-8-18(14-21)19-9-5-12-23-15-19/h1-10,12,14-15,20H,11,13,16H2,(H,24,26). The first-order chi connectivity index (χ1) is 12.8. The van der Waals surface area contributed by atoms with E-state index in [1.807, 2.05) is 18.3 Å². The number of rotatable bonds is 3. The fourth-order valence-corrected chi connectivity index (χ4v) is 3.74. The minimum atomic E-state index is 0.553. The average Bonchev–Trinajstić information content (AvgIpc) is 3.20. The maximum absolute atomic E-state index is 5.66. The van der Waals surface area contributed by atoms with Crippen LogP contribution in [0, 0.1) is 0 Å². The van der Waals surface area contributed by atoms with Crippen LogP contribution in [-0.4, -0.2) is 28.1 Å². The zero-order valence-corrected chi connectivity index (χ0v) is 15.3. The Morgan fingerprint density at radius 3 is 2.65 bits per heavy atom. The van der Waals surface area contributed by atoms with Crippen molar-refractivity contribution in [2.24, 2.45) is 0 Å². The average molecular weight is 359 g/mol. The van der Waals surface area contributed by atoms with E-state index in [1.54, 1.807) is 6.20 Å². The molecule has 1 atom stereocenters. The van der Waals surface area contributed by atoms with Crippen molar-refractivity contribution in [1.29, 1.82) is 0 Å². The van der Waals surface area contributed by atoms with E-state index in [0.717, 1.165) is 41.4 Å². The van der Waals surface area contributed by atoms with Gasteiger partial charge in [-0.3, -0.25) is 4.98 Å². The van der Waals surface area contributed by atoms with Crippen LogP contribution in [0.15, 0.2) is 79.1 Å². The molecule has 0 spiro atoms. The molecular weight excluding hydrogens is 338 g/mol. The second kappa shape index (κ2) is 7.67. The van der Waals surface area contributed by atoms with Gasteiger partial charge in [0.2, 0.25) is 0 Å². The summed E-state index contributed by atoms with van der Waals surface area (Å²) in [6.07, 6.45) is 4.81. The van der Waals surface area contributed by atoms with E-state index in [1.165, 1.54) is 5.56 Å². The molecule has 1 aromatic heterocycles. The van der Waals surface area contributed by atoms with Gasteiger partial charge in [-0.25, -0.2) is 0 Å². The second-order valence-corrected chi connectivity index (χ2v) is 6.98. The van der Waals surface area contributed by atoms with E-state index in [9.17, 15) is 0 Å². The number of anilines is 1. The van der Waals surface area contributed by atoms with Crippen LogP contribution in [0.1, 0.15) is 17.9 Å². The molecule has 1 saturated heterocycles. The topological polar surface area (TPSA) is 28.2 Å². The molecule has 0 aliphatic carbocycles. The maximum atomic E-state index is 5.66. The molecule has 4 rings (SSSR count). The predicted molar refractivity (Wildman–Crippen MR) is 111 cm³/mol. The van der Waals surface area contributed by atoms with Gasteiger partial charge in [0, 0.05) is 42.7 Å². The maximum Gasteiger partial charge on any atom is 0.173 e. The van der Waals surface area contributed by atoms with Gasteiger partial charge in [0.25, 0.3) is 0 Å². The number of hydrogen-bond donors (Lipinski definition) is 1. The van der Waals surface area contributed by atoms with Gasteiger partial charge < -0.3 is 10.2 Å². The van der Waals surface area contributed by atoms with E-state index in [0.29, 0.717) is 5.92 Å². The summed E-state index contributed by atoms with van der Waals surface area (Å²) in [6.45, 7) is 1.96. The first kappa shape index (κ1) is 16.7. The van der Waals surface area contributed by atoms with Crippen molar-refractivity contribution in [3.63, 3.8) is 0 Å². The molecule has 4 heteroatoms. The first-order valence-corrected chi connectivity index (χ1v) is 9.32. The summed E-state index contributed by atoms with van der Waals surface area (Å²) in [5.41, 5.74) is 4.65. The van der Waals surface area contributed by atoms with Crippen LogP contribution in [0.2, 0.25) is 0 Å². The van der Waals surface area contributed by atoms with Crippen molar-refractivity contribution in [3.05, 3.63) is 84.7 Å². The van der Waals surface area contributed by atoms with E-state index >= 15 is 0 Å². The summed E-state index contributed by atoms with van der Waals surface area (Å²) >= 11 is 5.66. The fourth-order valence-electron chi connectivity index (χ4n) is 3.45. The molecule has 130 valence electrons. The lowest BCUT2D eigenvalue weighted by atomic mass is 9.99. The molecule has 3 nitrogen and oxygen atoms in total. The monoisotopic (exact) mass is 359 g/mol. The molecule has 1 aliphatic heterocycles. The number of hydrogen-bond acceptors (Lipinski definition) is 2. The third-order valence-electron chi connectivity index (χ3n) is 4.86. The Balaban J connectivity index is 1.43. The molecule has 0 radical (unpaired) electrons. The third kappa shape index (κ3) is 3.75. The number of nitrogens with zero attached hydrogens (tertiary/aromatic N) is 2. The van der Waals surface area contributed by atoms with Gasteiger partial charge >= 0.3 is 0 Å². The number of thiocarbonyl (C=S) groups is 1. The normalized spacial score (nSPS) is 16.5. The Labute approximate surface area is 159 Å². The lowest BCUT2D eigenvalue weighted by Crippen LogP contribution is -2.32. The Morgan fingerprint density at radius 1 is 1.00 bits per heavy atom. The number of benzene rings is 2. The number of likely N-dealkylation sites (tertiary alicyclic amines) is 1. The molecule has 0 amide bonds. The summed E-state index contributed by atoms with van der Waals surface area (Å²) in [7, 11) is 0. The zero-order chi connectivity index (χ0) is 17.8. The van der Waals surface area contributed by atoms with Crippen LogP contribution < -0.4 is 5.32 Å². The summed E-state index contributed by atoms with van der Waals surface area (Å²) in [4.78, 5) is 6.46. The van der Waals surface area contributed by atoms with E-state index < -0.39 is 0 Å². The van der Waals surface area contributed by atoms with Gasteiger partial charge in [-0.2, -0.15) is 0 Å². The molecule has 0 saturated carbocycles. The van der Waals surface area contributed by atoms with Crippen molar-refractivity contribution in [2.75, 3.05) is 18.4 Å². The van der Waals surface area contributed by atoms with E-state index in [2.05, 4.69) is 69.8 Å². The van der Waals surface area contributed by atoms with Crippen LogP contribution >= 0.6 is 12.2 Å². The van der Waals surface area contributed by atoms with Gasteiger partial charge in [-0.15, -0.1) is 0 Å². The van der Waals surface area contributed by atoms with Gasteiger partial charge in [0.05, 0.1) is 0 Å². The minimum absolute atomic E-state index is 0.553. The molecular formula is C22H21N3S. The predicted octanol–water partition coefficient (Wildman–Crippen LogP) is 4.93. The number of pyridine rings is 1. The molecule has 1 fully saturated rings. The Morgan fingerprint density at radius 2 is 1.85 bits per heavy atom. The van der Waals surface area contributed by atoms with Gasteiger partial charge in [-0.1, -0.05) is 48.5 Å². The number of aromatic nitrogens is 1. The quantitative estimate of drug-likeness (QED) is 0.671. The molecule has 3 aromatic rings. The fraction of sp³-hybridized carbons (Fsp3) is 0.182. The Hall–Kier alpha value is -2.72. The molecule has 1 N–H and O–H groups in total. The van der Waals surface area contributed by atoms with E-state index in [4.69, 9.17) is 12.2 Å². The SMILES string of the molecule is S=C(Nc1cccc(-c2cccnc2)c1)N1CCC(c2ccccc2)C1. The molecule has 26 heavy (non-hydrogen) atoms. The van der Waals surface area contributed by atoms with Crippen LogP contribution in [-0.2, 0) is 0 Å². The summed E-state index contributed by atoms with van der Waals surface area (Å²) in [6, 6.07) is 23.0. The van der Waals surface area contributed by atoms with Crippen LogP contribution in [0.5, 0.6) is 0 Å². The Kier molecular flexibility index (Phi) is 4.93. The largest absolute Gasteiger partial charge is 0.348 e. The molecule has 2 heterocycles. The summed E-state index contributed by atoms with van der Waals surface area (Å²) in [5, 5.41) is 4.20. The first-order valence-electron chi connectivity index (χ1n) is 8.91. The van der Waals surface area contributed by atoms with Crippen molar-refractivity contribution in [1.82, 2.24) is 9.88 Å². The Bertz CT molecular complexity index is 880. The highest BCUT2D eigenvalue weighted by atomic mass is 32.1. The van der Waals surface area contributed by atoms with Crippen molar-refractivity contribution in [2.45, 2.75) is 12.3 Å². The highest BCUT2D eigenvalue weighted by Gasteiger charge is 2.25. The summed E-state index contributed by atoms with van der Waals surface area (Å²) in [5.74, 6) is 0.553. The van der Waals surface area contributed by atoms with Crippen LogP contribution in [0.4, 0.5) is 5.69 Å². The lowest BCUT2D eigenvalue weighted by molar-refractivity contribution is 0.518. The highest BCUT2D eigenvalue weighted by Crippen LogP contribution is 2.28. The molecule has 1 aliphatic rings. The molecule has 1 unspecified atom stereocenters. The van der Waals surface area contributed by atoms with Gasteiger partial charge in [-0.05, 0) is 48.0 Å². The smallest absolute Gasteiger partial charge is 0.173 e. The van der Waals surface area contributed by atoms with Crippen LogP contribution in [0.3, 0.4) is 0 Å². The van der Waals surface area contributed by atoms with Crippen molar-refractivity contribution < 1.29 is 0 Å². The highest BCUT2D eigenvalue weighted by molar-refractivity contribution is 7.80. The summed E-state index contributed by atoms with van der Waals surface area (Å²) < 4.78 is 0. The third-order valence-corrected chi connectivity index (χ3v) is 5.22. The van der Waals surface area contributed by atoms with Gasteiger partial charge in [0.1, 0.15) is 0 Å². The molecule has 0 bridgehead atoms. The van der Waals surface area contributed by atoms with Gasteiger partial charge in [0.15, 0.2) is 5.11 Å². The number of nitrogens with one attached hydrogen (secondary N) is 1. The lowest BCUT2D eigenvalue weighted by Gasteiger charge is -2.21. The van der Waals surface area contributed by atoms with E-state index in [-0.39, 0.29) is 0 Å². The zero-order valence-electron chi connectivity index (χ0n) is 14.5.